The Balaban J connectivity index is 1.33. The first-order valence-corrected chi connectivity index (χ1v) is 12.4. The third-order valence-electron chi connectivity index (χ3n) is 6.53. The van der Waals surface area contributed by atoms with Gasteiger partial charge in [0.05, 0.1) is 32.0 Å². The Hall–Kier alpha value is -2.29. The molecule has 0 bridgehead atoms. The zero-order valence-corrected chi connectivity index (χ0v) is 19.9. The second kappa shape index (κ2) is 13.0. The number of carbonyl (C=O) groups is 1. The van der Waals surface area contributed by atoms with E-state index in [1.807, 2.05) is 65.6 Å². The monoisotopic (exact) mass is 467 g/mol. The van der Waals surface area contributed by atoms with E-state index in [0.29, 0.717) is 44.8 Å². The summed E-state index contributed by atoms with van der Waals surface area (Å²) in [5.74, 6) is 0.0405. The summed E-state index contributed by atoms with van der Waals surface area (Å²) in [5.41, 5.74) is 1.85. The van der Waals surface area contributed by atoms with Crippen molar-refractivity contribution in [2.45, 2.75) is 18.6 Å². The van der Waals surface area contributed by atoms with E-state index < -0.39 is 6.10 Å². The predicted octanol–water partition coefficient (Wildman–Crippen LogP) is 1.77. The number of morpholine rings is 2. The molecule has 2 aliphatic heterocycles. The molecule has 4 rings (SSSR count). The quantitative estimate of drug-likeness (QED) is 0.575. The van der Waals surface area contributed by atoms with Crippen molar-refractivity contribution in [1.82, 2.24) is 14.7 Å². The minimum atomic E-state index is -0.426. The Kier molecular flexibility index (Phi) is 9.47. The Morgan fingerprint density at radius 3 is 2.38 bits per heavy atom. The van der Waals surface area contributed by atoms with E-state index >= 15 is 0 Å². The fraction of sp³-hybridized carbons (Fsp3) is 0.519. The zero-order chi connectivity index (χ0) is 23.6. The number of hydrogen-bond acceptors (Lipinski definition) is 6. The first-order chi connectivity index (χ1) is 16.7. The number of benzene rings is 2. The molecule has 7 heteroatoms. The molecular weight excluding hydrogens is 430 g/mol. The number of ether oxygens (including phenoxy) is 2. The number of nitrogens with zero attached hydrogens (tertiary/aromatic N) is 3. The molecule has 1 N–H and O–H groups in total. The molecule has 2 aromatic carbocycles. The molecule has 0 spiro atoms. The van der Waals surface area contributed by atoms with Crippen LogP contribution in [0, 0.1) is 0 Å². The van der Waals surface area contributed by atoms with Crippen LogP contribution in [0.5, 0.6) is 0 Å². The molecule has 2 atom stereocenters. The van der Waals surface area contributed by atoms with Gasteiger partial charge in [0, 0.05) is 57.9 Å². The molecule has 0 saturated carbocycles. The predicted molar refractivity (Wildman–Crippen MR) is 132 cm³/mol. The van der Waals surface area contributed by atoms with Crippen LogP contribution < -0.4 is 0 Å². The third-order valence-corrected chi connectivity index (χ3v) is 6.53. The zero-order valence-electron chi connectivity index (χ0n) is 19.9. The maximum Gasteiger partial charge on any atom is 0.253 e. The third kappa shape index (κ3) is 7.61. The lowest BCUT2D eigenvalue weighted by molar-refractivity contribution is -0.0513. The van der Waals surface area contributed by atoms with Crippen LogP contribution in [0.3, 0.4) is 0 Å². The number of aliphatic hydroxyl groups excluding tert-OH is 1. The lowest BCUT2D eigenvalue weighted by Gasteiger charge is -2.37. The minimum absolute atomic E-state index is 0.0405. The van der Waals surface area contributed by atoms with Crippen molar-refractivity contribution in [3.63, 3.8) is 0 Å². The average molecular weight is 468 g/mol. The van der Waals surface area contributed by atoms with E-state index in [4.69, 9.17) is 9.47 Å². The van der Waals surface area contributed by atoms with Crippen molar-refractivity contribution < 1.29 is 19.4 Å². The molecular formula is C27H37N3O4. The van der Waals surface area contributed by atoms with E-state index in [1.54, 1.807) is 0 Å². The summed E-state index contributed by atoms with van der Waals surface area (Å²) in [5, 5.41) is 10.6. The molecule has 2 unspecified atom stereocenters. The molecule has 0 radical (unpaired) electrons. The highest BCUT2D eigenvalue weighted by Gasteiger charge is 2.27. The lowest BCUT2D eigenvalue weighted by Crippen LogP contribution is -2.51. The van der Waals surface area contributed by atoms with E-state index in [0.717, 1.165) is 45.0 Å². The van der Waals surface area contributed by atoms with Gasteiger partial charge in [-0.3, -0.25) is 14.6 Å². The molecule has 184 valence electrons. The maximum atomic E-state index is 13.3. The molecule has 34 heavy (non-hydrogen) atoms. The van der Waals surface area contributed by atoms with Gasteiger partial charge >= 0.3 is 0 Å². The smallest absolute Gasteiger partial charge is 0.253 e. The molecule has 2 saturated heterocycles. The Morgan fingerprint density at radius 2 is 1.65 bits per heavy atom. The summed E-state index contributed by atoms with van der Waals surface area (Å²) in [6.45, 7) is 8.05. The van der Waals surface area contributed by atoms with Gasteiger partial charge in [0.25, 0.3) is 5.91 Å². The van der Waals surface area contributed by atoms with Crippen LogP contribution in [0.25, 0.3) is 0 Å². The fourth-order valence-electron chi connectivity index (χ4n) is 4.68. The van der Waals surface area contributed by atoms with Gasteiger partial charge in [0.15, 0.2) is 0 Å². The van der Waals surface area contributed by atoms with Crippen LogP contribution in [-0.2, 0) is 15.9 Å². The van der Waals surface area contributed by atoms with Crippen LogP contribution in [-0.4, -0.2) is 110 Å². The van der Waals surface area contributed by atoms with Gasteiger partial charge in [-0.05, 0) is 24.1 Å². The molecule has 0 aromatic heterocycles. The average Bonchev–Trinajstić information content (AvgIpc) is 2.88. The Labute approximate surface area is 202 Å². The fourth-order valence-corrected chi connectivity index (χ4v) is 4.68. The summed E-state index contributed by atoms with van der Waals surface area (Å²) in [7, 11) is 0. The summed E-state index contributed by atoms with van der Waals surface area (Å²) in [6.07, 6.45) is 0.139. The standard InChI is InChI=1S/C27H37N3O4/c31-25(19-23-7-3-1-4-8-23)20-29-15-18-34-26(21-29)22-30(12-11-28-13-16-33-17-14-28)27(32)24-9-5-2-6-10-24/h1-10,25-26,31H,11-22H2. The van der Waals surface area contributed by atoms with Crippen LogP contribution in [0.2, 0.25) is 0 Å². The largest absolute Gasteiger partial charge is 0.391 e. The van der Waals surface area contributed by atoms with Crippen molar-refractivity contribution in [2.24, 2.45) is 0 Å². The van der Waals surface area contributed by atoms with E-state index in [2.05, 4.69) is 9.80 Å². The summed E-state index contributed by atoms with van der Waals surface area (Å²) in [6, 6.07) is 19.6. The van der Waals surface area contributed by atoms with Crippen LogP contribution in [0.1, 0.15) is 15.9 Å². The molecule has 2 fully saturated rings. The van der Waals surface area contributed by atoms with Gasteiger partial charge in [-0.2, -0.15) is 0 Å². The summed E-state index contributed by atoms with van der Waals surface area (Å²) in [4.78, 5) is 19.9. The second-order valence-electron chi connectivity index (χ2n) is 9.17. The van der Waals surface area contributed by atoms with E-state index in [1.165, 1.54) is 0 Å². The molecule has 2 aliphatic rings. The molecule has 1 amide bonds. The highest BCUT2D eigenvalue weighted by Crippen LogP contribution is 2.13. The van der Waals surface area contributed by atoms with Crippen molar-refractivity contribution >= 4 is 5.91 Å². The molecule has 7 nitrogen and oxygen atoms in total. The lowest BCUT2D eigenvalue weighted by atomic mass is 10.1. The van der Waals surface area contributed by atoms with Crippen molar-refractivity contribution in [3.05, 3.63) is 71.8 Å². The molecule has 2 heterocycles. The number of hydrogen-bond donors (Lipinski definition) is 1. The summed E-state index contributed by atoms with van der Waals surface area (Å²) >= 11 is 0. The number of β-amino-alcohol motifs (C(OH)–C–C–N with tert-alkyl or cyclic N) is 1. The van der Waals surface area contributed by atoms with Gasteiger partial charge in [0.2, 0.25) is 0 Å². The van der Waals surface area contributed by atoms with Gasteiger partial charge in [0.1, 0.15) is 0 Å². The number of amides is 1. The van der Waals surface area contributed by atoms with Crippen molar-refractivity contribution in [1.29, 1.82) is 0 Å². The first-order valence-electron chi connectivity index (χ1n) is 12.4. The Morgan fingerprint density at radius 1 is 0.971 bits per heavy atom. The number of rotatable bonds is 10. The maximum absolute atomic E-state index is 13.3. The van der Waals surface area contributed by atoms with Crippen LogP contribution in [0.15, 0.2) is 60.7 Å². The van der Waals surface area contributed by atoms with Gasteiger partial charge in [-0.25, -0.2) is 0 Å². The minimum Gasteiger partial charge on any atom is -0.391 e. The molecule has 2 aromatic rings. The number of aliphatic hydroxyl groups is 1. The van der Waals surface area contributed by atoms with E-state index in [-0.39, 0.29) is 12.0 Å². The van der Waals surface area contributed by atoms with Gasteiger partial charge < -0.3 is 19.5 Å². The van der Waals surface area contributed by atoms with Crippen molar-refractivity contribution in [2.75, 3.05) is 72.2 Å². The van der Waals surface area contributed by atoms with Crippen LogP contribution in [0.4, 0.5) is 0 Å². The van der Waals surface area contributed by atoms with E-state index in [9.17, 15) is 9.90 Å². The topological polar surface area (TPSA) is 65.5 Å². The SMILES string of the molecule is O=C(c1ccccc1)N(CCN1CCOCC1)CC1CN(CC(O)Cc2ccccc2)CCO1. The second-order valence-corrected chi connectivity index (χ2v) is 9.17. The van der Waals surface area contributed by atoms with Crippen molar-refractivity contribution in [3.8, 4) is 0 Å². The highest BCUT2D eigenvalue weighted by atomic mass is 16.5. The first kappa shape index (κ1) is 24.8. The normalized spacial score (nSPS) is 20.7. The Bertz CT molecular complexity index is 861. The summed E-state index contributed by atoms with van der Waals surface area (Å²) < 4.78 is 11.5. The van der Waals surface area contributed by atoms with Gasteiger partial charge in [-0.15, -0.1) is 0 Å². The highest BCUT2D eigenvalue weighted by molar-refractivity contribution is 5.94. The molecule has 0 aliphatic carbocycles. The van der Waals surface area contributed by atoms with Gasteiger partial charge in [-0.1, -0.05) is 48.5 Å². The van der Waals surface area contributed by atoms with Crippen LogP contribution >= 0.6 is 0 Å². The number of carbonyl (C=O) groups excluding carboxylic acids is 1.